The Balaban J connectivity index is 1.84. The SMILES string of the molecule is CSC1CCCC1N(C)CCC(=O)Nc1ccccc1C#N. The van der Waals surface area contributed by atoms with Gasteiger partial charge in [-0.15, -0.1) is 0 Å². The first kappa shape index (κ1) is 16.9. The molecule has 0 heterocycles. The van der Waals surface area contributed by atoms with Gasteiger partial charge in [0.1, 0.15) is 6.07 Å². The van der Waals surface area contributed by atoms with E-state index in [0.717, 1.165) is 6.54 Å². The second-order valence-electron chi connectivity index (χ2n) is 5.71. The minimum atomic E-state index is -0.0340. The van der Waals surface area contributed by atoms with E-state index in [4.69, 9.17) is 5.26 Å². The topological polar surface area (TPSA) is 56.1 Å². The van der Waals surface area contributed by atoms with Crippen molar-refractivity contribution in [3.05, 3.63) is 29.8 Å². The van der Waals surface area contributed by atoms with Crippen molar-refractivity contribution >= 4 is 23.4 Å². The molecule has 118 valence electrons. The monoisotopic (exact) mass is 317 g/mol. The fourth-order valence-corrected chi connectivity index (χ4v) is 4.09. The maximum absolute atomic E-state index is 12.1. The van der Waals surface area contributed by atoms with E-state index < -0.39 is 0 Å². The third-order valence-corrected chi connectivity index (χ3v) is 5.46. The molecule has 1 aromatic rings. The zero-order chi connectivity index (χ0) is 15.9. The number of nitrogens with one attached hydrogen (secondary N) is 1. The van der Waals surface area contributed by atoms with E-state index in [2.05, 4.69) is 29.6 Å². The Hall–Kier alpha value is -1.51. The number of hydrogen-bond donors (Lipinski definition) is 1. The fraction of sp³-hybridized carbons (Fsp3) is 0.529. The Morgan fingerprint density at radius 1 is 1.45 bits per heavy atom. The van der Waals surface area contributed by atoms with Gasteiger partial charge in [-0.2, -0.15) is 17.0 Å². The number of amides is 1. The largest absolute Gasteiger partial charge is 0.325 e. The summed E-state index contributed by atoms with van der Waals surface area (Å²) in [4.78, 5) is 14.4. The summed E-state index contributed by atoms with van der Waals surface area (Å²) in [5.74, 6) is -0.0340. The molecular weight excluding hydrogens is 294 g/mol. The van der Waals surface area contributed by atoms with Crippen LogP contribution in [0.25, 0.3) is 0 Å². The van der Waals surface area contributed by atoms with Crippen molar-refractivity contribution < 1.29 is 4.79 Å². The quantitative estimate of drug-likeness (QED) is 0.876. The van der Waals surface area contributed by atoms with Gasteiger partial charge in [-0.05, 0) is 38.3 Å². The molecule has 1 fully saturated rings. The van der Waals surface area contributed by atoms with E-state index in [1.54, 1.807) is 18.2 Å². The molecule has 0 spiro atoms. The molecule has 0 bridgehead atoms. The number of carbonyl (C=O) groups excluding carboxylic acids is 1. The molecule has 22 heavy (non-hydrogen) atoms. The molecule has 0 radical (unpaired) electrons. The smallest absolute Gasteiger partial charge is 0.225 e. The highest BCUT2D eigenvalue weighted by molar-refractivity contribution is 7.99. The Morgan fingerprint density at radius 2 is 2.23 bits per heavy atom. The lowest BCUT2D eigenvalue weighted by Crippen LogP contribution is -2.37. The Morgan fingerprint density at radius 3 is 2.95 bits per heavy atom. The van der Waals surface area contributed by atoms with Gasteiger partial charge < -0.3 is 10.2 Å². The minimum absolute atomic E-state index is 0.0340. The van der Waals surface area contributed by atoms with Crippen LogP contribution in [-0.4, -0.2) is 41.9 Å². The Kier molecular flexibility index (Phi) is 6.29. The molecule has 1 amide bonds. The number of carbonyl (C=O) groups is 1. The first-order valence-electron chi connectivity index (χ1n) is 7.67. The Labute approximate surface area is 136 Å². The van der Waals surface area contributed by atoms with Crippen LogP contribution < -0.4 is 5.32 Å². The number of thioether (sulfide) groups is 1. The molecule has 1 aliphatic rings. The highest BCUT2D eigenvalue weighted by Gasteiger charge is 2.29. The van der Waals surface area contributed by atoms with Gasteiger partial charge in [0, 0.05) is 24.3 Å². The first-order valence-corrected chi connectivity index (χ1v) is 8.96. The van der Waals surface area contributed by atoms with Crippen LogP contribution in [0.15, 0.2) is 24.3 Å². The van der Waals surface area contributed by atoms with E-state index in [9.17, 15) is 4.79 Å². The summed E-state index contributed by atoms with van der Waals surface area (Å²) in [7, 11) is 2.11. The van der Waals surface area contributed by atoms with Crippen molar-refractivity contribution in [2.45, 2.75) is 37.0 Å². The molecule has 2 atom stereocenters. The normalized spacial score (nSPS) is 20.8. The van der Waals surface area contributed by atoms with Gasteiger partial charge in [-0.1, -0.05) is 18.6 Å². The standard InChI is InChI=1S/C17H23N3OS/c1-20(15-8-5-9-16(15)22-2)11-10-17(21)19-14-7-4-3-6-13(14)12-18/h3-4,6-7,15-16H,5,8-11H2,1-2H3,(H,19,21). The Bertz CT molecular complexity index is 555. The van der Waals surface area contributed by atoms with Crippen LogP contribution in [0.2, 0.25) is 0 Å². The highest BCUT2D eigenvalue weighted by Crippen LogP contribution is 2.31. The number of nitriles is 1. The second kappa shape index (κ2) is 8.21. The predicted molar refractivity (Wildman–Crippen MR) is 92.0 cm³/mol. The van der Waals surface area contributed by atoms with Crippen molar-refractivity contribution in [3.63, 3.8) is 0 Å². The molecule has 0 aliphatic heterocycles. The average Bonchev–Trinajstić information content (AvgIpc) is 3.01. The summed E-state index contributed by atoms with van der Waals surface area (Å²) in [6, 6.07) is 9.77. The van der Waals surface area contributed by atoms with Crippen LogP contribution >= 0.6 is 11.8 Å². The molecule has 0 saturated heterocycles. The molecule has 2 rings (SSSR count). The lowest BCUT2D eigenvalue weighted by atomic mass is 10.2. The van der Waals surface area contributed by atoms with Crippen molar-refractivity contribution in [1.29, 1.82) is 5.26 Å². The molecule has 2 unspecified atom stereocenters. The number of benzene rings is 1. The van der Waals surface area contributed by atoms with Gasteiger partial charge in [0.25, 0.3) is 0 Å². The summed E-state index contributed by atoms with van der Waals surface area (Å²) in [5.41, 5.74) is 1.10. The van der Waals surface area contributed by atoms with Crippen LogP contribution in [0.5, 0.6) is 0 Å². The molecule has 1 aliphatic carbocycles. The lowest BCUT2D eigenvalue weighted by molar-refractivity contribution is -0.116. The average molecular weight is 317 g/mol. The molecular formula is C17H23N3OS. The van der Waals surface area contributed by atoms with E-state index in [1.165, 1.54) is 19.3 Å². The molecule has 1 saturated carbocycles. The minimum Gasteiger partial charge on any atom is -0.325 e. The number of anilines is 1. The van der Waals surface area contributed by atoms with Crippen molar-refractivity contribution in [1.82, 2.24) is 4.90 Å². The summed E-state index contributed by atoms with van der Waals surface area (Å²) in [6.45, 7) is 0.752. The van der Waals surface area contributed by atoms with Crippen LogP contribution in [-0.2, 0) is 4.79 Å². The summed E-state index contributed by atoms with van der Waals surface area (Å²) in [5, 5.41) is 12.6. The number of para-hydroxylation sites is 1. The third kappa shape index (κ3) is 4.25. The van der Waals surface area contributed by atoms with Gasteiger partial charge in [-0.3, -0.25) is 4.79 Å². The summed E-state index contributed by atoms with van der Waals surface area (Å²) in [6.07, 6.45) is 6.40. The predicted octanol–water partition coefficient (Wildman–Crippen LogP) is 3.10. The molecule has 4 nitrogen and oxygen atoms in total. The van der Waals surface area contributed by atoms with Gasteiger partial charge in [0.05, 0.1) is 11.3 Å². The van der Waals surface area contributed by atoms with Crippen molar-refractivity contribution in [3.8, 4) is 6.07 Å². The van der Waals surface area contributed by atoms with Crippen LogP contribution in [0.1, 0.15) is 31.2 Å². The second-order valence-corrected chi connectivity index (χ2v) is 6.79. The van der Waals surface area contributed by atoms with E-state index in [0.29, 0.717) is 29.0 Å². The first-order chi connectivity index (χ1) is 10.7. The molecule has 5 heteroatoms. The number of rotatable bonds is 6. The maximum atomic E-state index is 12.1. The van der Waals surface area contributed by atoms with E-state index in [1.807, 2.05) is 17.8 Å². The molecule has 0 aromatic heterocycles. The zero-order valence-electron chi connectivity index (χ0n) is 13.2. The molecule has 1 N–H and O–H groups in total. The lowest BCUT2D eigenvalue weighted by Gasteiger charge is -2.28. The highest BCUT2D eigenvalue weighted by atomic mass is 32.2. The van der Waals surface area contributed by atoms with Crippen LogP contribution in [0.4, 0.5) is 5.69 Å². The number of nitrogens with zero attached hydrogens (tertiary/aromatic N) is 2. The van der Waals surface area contributed by atoms with Crippen LogP contribution in [0.3, 0.4) is 0 Å². The van der Waals surface area contributed by atoms with Gasteiger partial charge in [-0.25, -0.2) is 0 Å². The van der Waals surface area contributed by atoms with Crippen LogP contribution in [0, 0.1) is 11.3 Å². The van der Waals surface area contributed by atoms with Gasteiger partial charge >= 0.3 is 0 Å². The van der Waals surface area contributed by atoms with E-state index in [-0.39, 0.29) is 5.91 Å². The van der Waals surface area contributed by atoms with E-state index >= 15 is 0 Å². The van der Waals surface area contributed by atoms with Gasteiger partial charge in [0.15, 0.2) is 0 Å². The van der Waals surface area contributed by atoms with Crippen molar-refractivity contribution in [2.75, 3.05) is 25.2 Å². The number of hydrogen-bond acceptors (Lipinski definition) is 4. The maximum Gasteiger partial charge on any atom is 0.225 e. The van der Waals surface area contributed by atoms with Gasteiger partial charge in [0.2, 0.25) is 5.91 Å². The summed E-state index contributed by atoms with van der Waals surface area (Å²) >= 11 is 1.93. The fourth-order valence-electron chi connectivity index (χ4n) is 3.03. The zero-order valence-corrected chi connectivity index (χ0v) is 14.0. The molecule has 1 aromatic carbocycles. The summed E-state index contributed by atoms with van der Waals surface area (Å²) < 4.78 is 0. The van der Waals surface area contributed by atoms with Crippen molar-refractivity contribution in [2.24, 2.45) is 0 Å². The third-order valence-electron chi connectivity index (χ3n) is 4.30.